The van der Waals surface area contributed by atoms with Crippen molar-refractivity contribution in [3.8, 4) is 0 Å². The highest BCUT2D eigenvalue weighted by Gasteiger charge is 2.37. The quantitative estimate of drug-likeness (QED) is 0.746. The van der Waals surface area contributed by atoms with Crippen LogP contribution >= 0.6 is 0 Å². The van der Waals surface area contributed by atoms with Gasteiger partial charge in [-0.05, 0) is 44.2 Å². The third-order valence-electron chi connectivity index (χ3n) is 6.13. The van der Waals surface area contributed by atoms with Crippen molar-refractivity contribution in [2.24, 2.45) is 11.1 Å². The lowest BCUT2D eigenvalue weighted by atomic mass is 9.90. The van der Waals surface area contributed by atoms with E-state index in [1.165, 1.54) is 13.1 Å². The van der Waals surface area contributed by atoms with Crippen LogP contribution in [0.4, 0.5) is 10.1 Å². The zero-order chi connectivity index (χ0) is 21.1. The van der Waals surface area contributed by atoms with Crippen molar-refractivity contribution < 1.29 is 19.1 Å². The summed E-state index contributed by atoms with van der Waals surface area (Å²) >= 11 is 0. The first-order valence-corrected chi connectivity index (χ1v) is 9.77. The predicted molar refractivity (Wildman–Crippen MR) is 107 cm³/mol. The summed E-state index contributed by atoms with van der Waals surface area (Å²) < 4.78 is 17.0. The van der Waals surface area contributed by atoms with Crippen molar-refractivity contribution in [2.45, 2.75) is 39.2 Å². The fourth-order valence-electron chi connectivity index (χ4n) is 4.30. The minimum atomic E-state index is -1.36. The highest BCUT2D eigenvalue weighted by atomic mass is 19.1. The van der Waals surface area contributed by atoms with Crippen LogP contribution in [-0.2, 0) is 0 Å². The molecule has 1 aliphatic carbocycles. The number of carbonyl (C=O) groups excluding carboxylic acids is 1. The maximum absolute atomic E-state index is 15.3. The normalized spacial score (nSPS) is 21.7. The van der Waals surface area contributed by atoms with E-state index in [1.807, 2.05) is 11.8 Å². The Balaban J connectivity index is 2.06. The van der Waals surface area contributed by atoms with Gasteiger partial charge in [-0.15, -0.1) is 0 Å². The molecule has 4 rings (SSSR count). The lowest BCUT2D eigenvalue weighted by molar-refractivity contribution is 0.0694. The van der Waals surface area contributed by atoms with E-state index in [0.717, 1.165) is 25.3 Å². The Morgan fingerprint density at radius 1 is 1.38 bits per heavy atom. The zero-order valence-corrected chi connectivity index (χ0v) is 16.5. The lowest BCUT2D eigenvalue weighted by Crippen LogP contribution is -2.32. The van der Waals surface area contributed by atoms with Crippen LogP contribution in [0.5, 0.6) is 0 Å². The van der Waals surface area contributed by atoms with Crippen LogP contribution in [0.2, 0.25) is 0 Å². The first-order valence-electron chi connectivity index (χ1n) is 9.77. The first-order chi connectivity index (χ1) is 13.7. The van der Waals surface area contributed by atoms with Gasteiger partial charge in [0.15, 0.2) is 5.78 Å². The molecule has 8 heteroatoms. The molecular formula is C21H24FN3O4. The Labute approximate surface area is 166 Å². The number of benzene rings is 1. The average Bonchev–Trinajstić information content (AvgIpc) is 3.43. The molecule has 1 aromatic carbocycles. The van der Waals surface area contributed by atoms with Gasteiger partial charge in [-0.25, -0.2) is 9.18 Å². The van der Waals surface area contributed by atoms with Gasteiger partial charge in [0.1, 0.15) is 11.4 Å². The van der Waals surface area contributed by atoms with E-state index in [9.17, 15) is 19.5 Å². The Morgan fingerprint density at radius 2 is 2.07 bits per heavy atom. The van der Waals surface area contributed by atoms with Crippen LogP contribution in [0.15, 0.2) is 17.1 Å². The smallest absolute Gasteiger partial charge is 0.341 e. The number of carbonyl (C=O) groups is 2. The summed E-state index contributed by atoms with van der Waals surface area (Å²) in [5, 5.41) is 9.35. The second-order valence-corrected chi connectivity index (χ2v) is 8.54. The number of ketones is 1. The molecule has 1 aliphatic heterocycles. The van der Waals surface area contributed by atoms with Crippen molar-refractivity contribution in [1.82, 2.24) is 4.57 Å². The fourth-order valence-corrected chi connectivity index (χ4v) is 4.30. The maximum atomic E-state index is 15.3. The second-order valence-electron chi connectivity index (χ2n) is 8.54. The van der Waals surface area contributed by atoms with Gasteiger partial charge < -0.3 is 20.3 Å². The van der Waals surface area contributed by atoms with Gasteiger partial charge in [-0.2, -0.15) is 0 Å². The van der Waals surface area contributed by atoms with Gasteiger partial charge in [0.2, 0.25) is 5.43 Å². The number of aromatic carboxylic acids is 1. The molecule has 3 N–H and O–H groups in total. The number of pyridine rings is 1. The second kappa shape index (κ2) is 6.66. The van der Waals surface area contributed by atoms with E-state index in [4.69, 9.17) is 5.73 Å². The maximum Gasteiger partial charge on any atom is 0.341 e. The van der Waals surface area contributed by atoms with Crippen LogP contribution in [0.1, 0.15) is 59.9 Å². The summed E-state index contributed by atoms with van der Waals surface area (Å²) in [5.41, 5.74) is 5.16. The van der Waals surface area contributed by atoms with Gasteiger partial charge in [0, 0.05) is 25.3 Å². The Kier molecular flexibility index (Phi) is 4.49. The highest BCUT2D eigenvalue weighted by molar-refractivity contribution is 6.11. The molecule has 1 unspecified atom stereocenters. The van der Waals surface area contributed by atoms with Gasteiger partial charge in [0.05, 0.1) is 22.2 Å². The third-order valence-corrected chi connectivity index (χ3v) is 6.13. The van der Waals surface area contributed by atoms with Crippen LogP contribution in [0.25, 0.3) is 10.9 Å². The molecule has 2 aromatic rings. The Bertz CT molecular complexity index is 1110. The van der Waals surface area contributed by atoms with Gasteiger partial charge in [0.25, 0.3) is 0 Å². The van der Waals surface area contributed by atoms with Crippen LogP contribution in [-0.4, -0.2) is 41.1 Å². The van der Waals surface area contributed by atoms with Gasteiger partial charge in [-0.3, -0.25) is 9.59 Å². The predicted octanol–water partition coefficient (Wildman–Crippen LogP) is 2.55. The molecule has 2 aliphatic rings. The number of anilines is 1. The number of hydrogen-bond acceptors (Lipinski definition) is 5. The summed E-state index contributed by atoms with van der Waals surface area (Å²) in [6.07, 6.45) is 3.70. The molecule has 1 saturated heterocycles. The minimum Gasteiger partial charge on any atom is -0.477 e. The number of carboxylic acids is 1. The lowest BCUT2D eigenvalue weighted by Gasteiger charge is -2.27. The first kappa shape index (κ1) is 19.6. The van der Waals surface area contributed by atoms with Gasteiger partial charge >= 0.3 is 5.97 Å². The number of Topliss-reactive ketones (excluding diaryl/α,β-unsaturated/α-hetero) is 1. The minimum absolute atomic E-state index is 0.000460. The molecule has 1 aromatic heterocycles. The topological polar surface area (TPSA) is 106 Å². The van der Waals surface area contributed by atoms with Crippen LogP contribution < -0.4 is 16.1 Å². The van der Waals surface area contributed by atoms with Crippen LogP contribution in [0, 0.1) is 11.2 Å². The molecular weight excluding hydrogens is 377 g/mol. The van der Waals surface area contributed by atoms with E-state index in [-0.39, 0.29) is 33.9 Å². The SMILES string of the molecule is CC(=O)c1c(N2CCC(C)(CN)C2)c(F)cc2c(=O)c(C(=O)O)cn(C3CC3)c12. The van der Waals surface area contributed by atoms with Crippen molar-refractivity contribution >= 4 is 28.3 Å². The van der Waals surface area contributed by atoms with Gasteiger partial charge in [-0.1, -0.05) is 6.92 Å². The Morgan fingerprint density at radius 3 is 2.59 bits per heavy atom. The van der Waals surface area contributed by atoms with Crippen molar-refractivity contribution in [1.29, 1.82) is 0 Å². The molecule has 29 heavy (non-hydrogen) atoms. The number of rotatable bonds is 5. The summed E-state index contributed by atoms with van der Waals surface area (Å²) in [6.45, 7) is 4.88. The molecule has 7 nitrogen and oxygen atoms in total. The summed E-state index contributed by atoms with van der Waals surface area (Å²) in [4.78, 5) is 38.8. The van der Waals surface area contributed by atoms with E-state index < -0.39 is 22.8 Å². The number of nitrogens with zero attached hydrogens (tertiary/aromatic N) is 2. The highest BCUT2D eigenvalue weighted by Crippen LogP contribution is 2.42. The fraction of sp³-hybridized carbons (Fsp3) is 0.476. The standard InChI is InChI=1S/C21H24FN3O4/c1-11(26)16-17-13(19(27)14(20(28)29)8-25(17)12-3-4-12)7-15(22)18(16)24-6-5-21(2,9-23)10-24/h7-8,12H,3-6,9-10,23H2,1-2H3,(H,28,29). The molecule has 2 fully saturated rings. The van der Waals surface area contributed by atoms with Crippen molar-refractivity contribution in [3.63, 3.8) is 0 Å². The van der Waals surface area contributed by atoms with Crippen molar-refractivity contribution in [2.75, 3.05) is 24.5 Å². The van der Waals surface area contributed by atoms with Crippen molar-refractivity contribution in [3.05, 3.63) is 39.4 Å². The van der Waals surface area contributed by atoms with E-state index in [1.54, 1.807) is 4.57 Å². The zero-order valence-electron chi connectivity index (χ0n) is 16.5. The number of aromatic nitrogens is 1. The largest absolute Gasteiger partial charge is 0.477 e. The summed E-state index contributed by atoms with van der Waals surface area (Å²) in [6, 6.07) is 1.09. The number of fused-ring (bicyclic) bond motifs is 1. The number of halogens is 1. The number of hydrogen-bond donors (Lipinski definition) is 2. The Hall–Kier alpha value is -2.74. The molecule has 0 spiro atoms. The summed E-state index contributed by atoms with van der Waals surface area (Å²) in [5.74, 6) is -2.41. The number of nitrogens with two attached hydrogens (primary N) is 1. The number of carboxylic acid groups (broad SMARTS) is 1. The molecule has 1 atom stereocenters. The molecule has 1 saturated carbocycles. The van der Waals surface area contributed by atoms with E-state index >= 15 is 4.39 Å². The molecule has 0 radical (unpaired) electrons. The molecule has 2 heterocycles. The van der Waals surface area contributed by atoms with Crippen LogP contribution in [0.3, 0.4) is 0 Å². The molecule has 154 valence electrons. The third kappa shape index (κ3) is 3.11. The molecule has 0 bridgehead atoms. The average molecular weight is 401 g/mol. The molecule has 0 amide bonds. The monoisotopic (exact) mass is 401 g/mol. The summed E-state index contributed by atoms with van der Waals surface area (Å²) in [7, 11) is 0. The van der Waals surface area contributed by atoms with E-state index in [2.05, 4.69) is 0 Å². The van der Waals surface area contributed by atoms with E-state index in [0.29, 0.717) is 25.2 Å².